The van der Waals surface area contributed by atoms with E-state index < -0.39 is 4.92 Å². The zero-order valence-corrected chi connectivity index (χ0v) is 11.1. The van der Waals surface area contributed by atoms with Crippen molar-refractivity contribution in [3.05, 3.63) is 27.9 Å². The Morgan fingerprint density at radius 1 is 1.67 bits per heavy atom. The van der Waals surface area contributed by atoms with Crippen molar-refractivity contribution < 1.29 is 14.5 Å². The fraction of sp³-hybridized carbons (Fsp3) is 0.500. The zero-order valence-electron chi connectivity index (χ0n) is 9.47. The van der Waals surface area contributed by atoms with Gasteiger partial charge in [0.2, 0.25) is 0 Å². The fourth-order valence-electron chi connectivity index (χ4n) is 1.78. The highest BCUT2D eigenvalue weighted by Crippen LogP contribution is 2.14. The fourth-order valence-corrected chi connectivity index (χ4v) is 2.17. The Labute approximate surface area is 111 Å². The molecule has 0 aliphatic carbocycles. The number of hydrogen-bond acceptors (Lipinski definition) is 4. The highest BCUT2D eigenvalue weighted by Gasteiger charge is 2.27. The molecule has 1 fully saturated rings. The molecule has 1 aromatic heterocycles. The quantitative estimate of drug-likeness (QED) is 0.514. The Morgan fingerprint density at radius 3 is 3.06 bits per heavy atom. The van der Waals surface area contributed by atoms with Crippen molar-refractivity contribution in [2.24, 2.45) is 0 Å². The van der Waals surface area contributed by atoms with Crippen molar-refractivity contribution in [1.82, 2.24) is 9.88 Å². The average Bonchev–Trinajstić information content (AvgIpc) is 2.87. The third kappa shape index (κ3) is 2.70. The van der Waals surface area contributed by atoms with Gasteiger partial charge in [0.25, 0.3) is 5.91 Å². The van der Waals surface area contributed by atoms with Crippen LogP contribution in [0.3, 0.4) is 0 Å². The van der Waals surface area contributed by atoms with Gasteiger partial charge in [-0.3, -0.25) is 4.79 Å². The van der Waals surface area contributed by atoms with Gasteiger partial charge in [0.1, 0.15) is 0 Å². The van der Waals surface area contributed by atoms with E-state index in [1.54, 1.807) is 4.90 Å². The van der Waals surface area contributed by atoms with Gasteiger partial charge < -0.3 is 19.8 Å². The van der Waals surface area contributed by atoms with Crippen LogP contribution in [0.2, 0.25) is 0 Å². The monoisotopic (exact) mass is 317 g/mol. The first-order valence-electron chi connectivity index (χ1n) is 5.42. The number of morpholine rings is 1. The molecule has 18 heavy (non-hydrogen) atoms. The van der Waals surface area contributed by atoms with Gasteiger partial charge in [-0.25, -0.2) is 4.98 Å². The number of hydrogen-bond donors (Lipinski definition) is 1. The van der Waals surface area contributed by atoms with Gasteiger partial charge in [-0.2, -0.15) is 0 Å². The summed E-state index contributed by atoms with van der Waals surface area (Å²) in [5, 5.41) is 11.2. The number of nitrogens with one attached hydrogen (secondary N) is 1. The van der Waals surface area contributed by atoms with Crippen LogP contribution in [0.5, 0.6) is 0 Å². The van der Waals surface area contributed by atoms with E-state index in [0.717, 1.165) is 0 Å². The summed E-state index contributed by atoms with van der Waals surface area (Å²) in [5.74, 6) is -0.416. The number of ether oxygens (including phenoxy) is 1. The number of carbonyl (C=O) groups is 1. The van der Waals surface area contributed by atoms with Crippen molar-refractivity contribution in [3.8, 4) is 0 Å². The topological polar surface area (TPSA) is 88.5 Å². The lowest BCUT2D eigenvalue weighted by Crippen LogP contribution is -2.46. The predicted octanol–water partition coefficient (Wildman–Crippen LogP) is 1.16. The molecule has 8 heteroatoms. The molecule has 1 saturated heterocycles. The standard InChI is InChI=1S/C10H12BrN3O4/c11-5-7-6-13(3-4-18-7)10(15)8-1-2-9(12-8)14(16)17/h1-2,7,12H,3-6H2. The predicted molar refractivity (Wildman–Crippen MR) is 66.9 cm³/mol. The van der Waals surface area contributed by atoms with Gasteiger partial charge in [0.05, 0.1) is 12.7 Å². The number of nitrogens with zero attached hydrogens (tertiary/aromatic N) is 2. The van der Waals surface area contributed by atoms with Gasteiger partial charge in [-0.05, 0) is 11.0 Å². The van der Waals surface area contributed by atoms with Crippen LogP contribution in [-0.4, -0.2) is 51.8 Å². The van der Waals surface area contributed by atoms with Crippen LogP contribution in [-0.2, 0) is 4.74 Å². The van der Waals surface area contributed by atoms with Gasteiger partial charge in [0.15, 0.2) is 5.69 Å². The second-order valence-corrected chi connectivity index (χ2v) is 4.56. The number of rotatable bonds is 3. The summed E-state index contributed by atoms with van der Waals surface area (Å²) in [6.07, 6.45) is -0.0346. The summed E-state index contributed by atoms with van der Waals surface area (Å²) >= 11 is 3.31. The molecule has 1 N–H and O–H groups in total. The Morgan fingerprint density at radius 2 is 2.44 bits per heavy atom. The van der Waals surface area contributed by atoms with Crippen molar-refractivity contribution in [2.75, 3.05) is 25.0 Å². The molecule has 0 aromatic carbocycles. The molecule has 1 amide bonds. The lowest BCUT2D eigenvalue weighted by Gasteiger charge is -2.31. The number of amides is 1. The lowest BCUT2D eigenvalue weighted by molar-refractivity contribution is -0.389. The molecule has 0 radical (unpaired) electrons. The van der Waals surface area contributed by atoms with Crippen LogP contribution < -0.4 is 0 Å². The molecule has 1 unspecified atom stereocenters. The second kappa shape index (κ2) is 5.49. The van der Waals surface area contributed by atoms with E-state index >= 15 is 0 Å². The van der Waals surface area contributed by atoms with E-state index in [1.807, 2.05) is 0 Å². The van der Waals surface area contributed by atoms with E-state index in [-0.39, 0.29) is 23.5 Å². The molecule has 1 aliphatic heterocycles. The van der Waals surface area contributed by atoms with Gasteiger partial charge in [0, 0.05) is 24.5 Å². The maximum Gasteiger partial charge on any atom is 0.321 e. The molecule has 2 rings (SSSR count). The Kier molecular flexibility index (Phi) is 3.97. The second-order valence-electron chi connectivity index (χ2n) is 3.91. The van der Waals surface area contributed by atoms with Crippen molar-refractivity contribution in [1.29, 1.82) is 0 Å². The first-order valence-corrected chi connectivity index (χ1v) is 6.54. The highest BCUT2D eigenvalue weighted by atomic mass is 79.9. The molecule has 2 heterocycles. The molecule has 0 saturated carbocycles. The van der Waals surface area contributed by atoms with Crippen LogP contribution in [0.25, 0.3) is 0 Å². The lowest BCUT2D eigenvalue weighted by atomic mass is 10.2. The van der Waals surface area contributed by atoms with Crippen molar-refractivity contribution in [2.45, 2.75) is 6.10 Å². The number of nitro groups is 1. The van der Waals surface area contributed by atoms with E-state index in [2.05, 4.69) is 20.9 Å². The van der Waals surface area contributed by atoms with E-state index in [4.69, 9.17) is 4.74 Å². The third-order valence-electron chi connectivity index (χ3n) is 2.70. The van der Waals surface area contributed by atoms with Gasteiger partial charge >= 0.3 is 5.82 Å². The number of aromatic nitrogens is 1. The van der Waals surface area contributed by atoms with E-state index in [9.17, 15) is 14.9 Å². The maximum absolute atomic E-state index is 12.1. The normalized spacial score (nSPS) is 19.8. The van der Waals surface area contributed by atoms with Gasteiger partial charge in [-0.1, -0.05) is 15.9 Å². The summed E-state index contributed by atoms with van der Waals surface area (Å²) in [6.45, 7) is 1.46. The minimum atomic E-state index is -0.558. The molecule has 0 spiro atoms. The van der Waals surface area contributed by atoms with E-state index in [1.165, 1.54) is 12.1 Å². The highest BCUT2D eigenvalue weighted by molar-refractivity contribution is 9.09. The average molecular weight is 318 g/mol. The Bertz CT molecular complexity index is 462. The van der Waals surface area contributed by atoms with Crippen LogP contribution in [0, 0.1) is 10.1 Å². The maximum atomic E-state index is 12.1. The molecular weight excluding hydrogens is 306 g/mol. The van der Waals surface area contributed by atoms with Crippen LogP contribution in [0.15, 0.2) is 12.1 Å². The minimum absolute atomic E-state index is 0.0346. The summed E-state index contributed by atoms with van der Waals surface area (Å²) < 4.78 is 5.43. The number of alkyl halides is 1. The van der Waals surface area contributed by atoms with E-state index in [0.29, 0.717) is 25.0 Å². The molecule has 1 aromatic rings. The minimum Gasteiger partial charge on any atom is -0.374 e. The molecular formula is C10H12BrN3O4. The summed E-state index contributed by atoms with van der Waals surface area (Å²) in [7, 11) is 0. The molecule has 98 valence electrons. The number of carbonyl (C=O) groups excluding carboxylic acids is 1. The first kappa shape index (κ1) is 13.0. The molecule has 1 aliphatic rings. The Hall–Kier alpha value is -1.41. The number of H-pyrrole nitrogens is 1. The smallest absolute Gasteiger partial charge is 0.321 e. The molecule has 0 bridgehead atoms. The largest absolute Gasteiger partial charge is 0.374 e. The first-order chi connectivity index (χ1) is 8.61. The number of halogens is 1. The molecule has 7 nitrogen and oxygen atoms in total. The number of aromatic amines is 1. The summed E-state index contributed by atoms with van der Waals surface area (Å²) in [4.78, 5) is 26.2. The Balaban J connectivity index is 2.07. The van der Waals surface area contributed by atoms with Crippen LogP contribution in [0.1, 0.15) is 10.5 Å². The summed E-state index contributed by atoms with van der Waals surface area (Å²) in [5.41, 5.74) is 0.233. The van der Waals surface area contributed by atoms with Gasteiger partial charge in [-0.15, -0.1) is 0 Å². The van der Waals surface area contributed by atoms with Crippen molar-refractivity contribution in [3.63, 3.8) is 0 Å². The molecule has 1 atom stereocenters. The third-order valence-corrected chi connectivity index (χ3v) is 3.42. The van der Waals surface area contributed by atoms with Crippen LogP contribution in [0.4, 0.5) is 5.82 Å². The zero-order chi connectivity index (χ0) is 13.1. The summed E-state index contributed by atoms with van der Waals surface area (Å²) in [6, 6.07) is 2.72. The van der Waals surface area contributed by atoms with Crippen LogP contribution >= 0.6 is 15.9 Å². The van der Waals surface area contributed by atoms with Crippen molar-refractivity contribution >= 4 is 27.7 Å². The SMILES string of the molecule is O=C(c1ccc([N+](=O)[O-])[nH]1)N1CCOC(CBr)C1.